The summed E-state index contributed by atoms with van der Waals surface area (Å²) in [5, 5.41) is 15.8. The van der Waals surface area contributed by atoms with E-state index in [0.717, 1.165) is 44.9 Å². The van der Waals surface area contributed by atoms with E-state index >= 15 is 0 Å². The summed E-state index contributed by atoms with van der Waals surface area (Å²) in [5.41, 5.74) is 7.66. The molecule has 5 aromatic carbocycles. The zero-order valence-corrected chi connectivity index (χ0v) is 21.0. The van der Waals surface area contributed by atoms with Gasteiger partial charge >= 0.3 is 0 Å². The number of hydrogen-bond acceptors (Lipinski definition) is 2. The first-order valence-corrected chi connectivity index (χ1v) is 11.3. The molecule has 174 valence electrons. The average Bonchev–Trinajstić information content (AvgIpc) is 3.29. The minimum Gasteiger partial charge on any atom is -0.665 e. The number of aromatic hydroxyl groups is 1. The maximum Gasteiger partial charge on any atom is 0.119 e. The Morgan fingerprint density at radius 3 is 2.20 bits per heavy atom. The molecule has 5 aromatic rings. The number of phenolic OH excluding ortho intramolecular Hbond substituents is 1. The summed E-state index contributed by atoms with van der Waals surface area (Å²) in [6.45, 7) is 0. The maximum absolute atomic E-state index is 10.7. The molecule has 0 aliphatic carbocycles. The molecular formula is C31H21N2OPt-3. The van der Waals surface area contributed by atoms with Gasteiger partial charge in [-0.25, -0.2) is 5.56 Å². The molecule has 4 heteroatoms. The van der Waals surface area contributed by atoms with Gasteiger partial charge in [0, 0.05) is 32.4 Å². The average molecular weight is 633 g/mol. The second-order valence-corrected chi connectivity index (χ2v) is 8.19. The van der Waals surface area contributed by atoms with E-state index in [9.17, 15) is 5.11 Å². The molecule has 35 heavy (non-hydrogen) atoms. The third-order valence-corrected chi connectivity index (χ3v) is 6.10. The molecule has 1 unspecified atom stereocenters. The van der Waals surface area contributed by atoms with Crippen LogP contribution in [0.1, 0.15) is 11.7 Å². The van der Waals surface area contributed by atoms with Crippen LogP contribution in [0, 0.1) is 12.1 Å². The monoisotopic (exact) mass is 632 g/mol. The van der Waals surface area contributed by atoms with Gasteiger partial charge in [0.25, 0.3) is 0 Å². The Labute approximate surface area is 220 Å². The van der Waals surface area contributed by atoms with E-state index in [1.807, 2.05) is 66.7 Å². The molecule has 1 aliphatic rings. The largest absolute Gasteiger partial charge is 0.665 e. The van der Waals surface area contributed by atoms with Crippen LogP contribution in [0.4, 0.5) is 17.1 Å². The molecule has 1 N–H and O–H groups in total. The normalized spacial score (nSPS) is 14.1. The van der Waals surface area contributed by atoms with Crippen molar-refractivity contribution in [3.05, 3.63) is 138 Å². The Balaban J connectivity index is 0.00000253. The Morgan fingerprint density at radius 1 is 0.686 bits per heavy atom. The number of rotatable bonds is 4. The van der Waals surface area contributed by atoms with Crippen LogP contribution in [0.2, 0.25) is 0 Å². The molecule has 6 rings (SSSR count). The van der Waals surface area contributed by atoms with Gasteiger partial charge in [0.05, 0.1) is 0 Å². The molecular weight excluding hydrogens is 611 g/mol. The molecule has 0 saturated carbocycles. The van der Waals surface area contributed by atoms with E-state index in [-0.39, 0.29) is 33.0 Å². The number of fused-ring (bicyclic) bond motifs is 1. The summed E-state index contributed by atoms with van der Waals surface area (Å²) >= 11 is 0. The fourth-order valence-electron chi connectivity index (χ4n) is 4.52. The van der Waals surface area contributed by atoms with Gasteiger partial charge < -0.3 is 15.3 Å². The van der Waals surface area contributed by atoms with E-state index in [0.29, 0.717) is 0 Å². The number of para-hydroxylation sites is 3. The third kappa shape index (κ3) is 4.24. The van der Waals surface area contributed by atoms with Crippen molar-refractivity contribution in [2.24, 2.45) is 0 Å². The molecule has 0 saturated heterocycles. The molecule has 1 aliphatic heterocycles. The Kier molecular flexibility index (Phi) is 6.44. The molecule has 0 aromatic heterocycles. The van der Waals surface area contributed by atoms with Crippen LogP contribution in [-0.4, -0.2) is 5.11 Å². The van der Waals surface area contributed by atoms with E-state index < -0.39 is 0 Å². The Morgan fingerprint density at radius 2 is 1.40 bits per heavy atom. The van der Waals surface area contributed by atoms with Gasteiger partial charge in [0.1, 0.15) is 5.75 Å². The van der Waals surface area contributed by atoms with Crippen LogP contribution < -0.4 is 4.90 Å². The quantitative estimate of drug-likeness (QED) is 0.203. The van der Waals surface area contributed by atoms with Crippen molar-refractivity contribution >= 4 is 17.1 Å². The first-order chi connectivity index (χ1) is 16.8. The minimum absolute atomic E-state index is 0. The summed E-state index contributed by atoms with van der Waals surface area (Å²) < 4.78 is 0. The van der Waals surface area contributed by atoms with Crippen molar-refractivity contribution in [2.45, 2.75) is 6.17 Å². The molecule has 1 heterocycles. The minimum atomic E-state index is -0.370. The standard InChI is InChI=1S/C31H21N2O.Pt/c34-29-20-8-7-17-27(29)31-32-30-26(18-10-19-28(30)33(31)25-15-5-2-6-16-25)24-14-9-13-23(21-24)22-11-3-1-4-12-22;/h1-11,13-20,31,34H;/q-3;. The van der Waals surface area contributed by atoms with E-state index in [1.54, 1.807) is 6.07 Å². The van der Waals surface area contributed by atoms with Crippen molar-refractivity contribution in [2.75, 3.05) is 4.90 Å². The van der Waals surface area contributed by atoms with Crippen LogP contribution in [0.15, 0.2) is 115 Å². The summed E-state index contributed by atoms with van der Waals surface area (Å²) in [4.78, 5) is 2.18. The smallest absolute Gasteiger partial charge is 0.119 e. The SMILES string of the molecule is Oc1ccccc1C1[N-]c2c(-c3[c-]c(-c4[c-]cccc4)ccc3)cccc2N1c1ccccc1.[Pt]. The maximum atomic E-state index is 10.7. The van der Waals surface area contributed by atoms with Crippen molar-refractivity contribution in [1.29, 1.82) is 0 Å². The molecule has 0 fully saturated rings. The number of benzene rings is 5. The fraction of sp³-hybridized carbons (Fsp3) is 0.0323. The van der Waals surface area contributed by atoms with Gasteiger partial charge in [-0.3, -0.25) is 0 Å². The second-order valence-electron chi connectivity index (χ2n) is 8.19. The van der Waals surface area contributed by atoms with Crippen molar-refractivity contribution in [3.8, 4) is 28.0 Å². The zero-order chi connectivity index (χ0) is 22.9. The van der Waals surface area contributed by atoms with Crippen molar-refractivity contribution < 1.29 is 26.2 Å². The predicted molar refractivity (Wildman–Crippen MR) is 137 cm³/mol. The van der Waals surface area contributed by atoms with Crippen molar-refractivity contribution in [1.82, 2.24) is 0 Å². The number of phenols is 1. The van der Waals surface area contributed by atoms with Crippen molar-refractivity contribution in [3.63, 3.8) is 0 Å². The summed E-state index contributed by atoms with van der Waals surface area (Å²) in [6, 6.07) is 44.8. The van der Waals surface area contributed by atoms with Crippen LogP contribution in [0.5, 0.6) is 5.75 Å². The summed E-state index contributed by atoms with van der Waals surface area (Å²) in [5.74, 6) is 0.236. The van der Waals surface area contributed by atoms with Gasteiger partial charge in [0.2, 0.25) is 0 Å². The number of hydrogen-bond donors (Lipinski definition) is 1. The first-order valence-electron chi connectivity index (χ1n) is 11.3. The molecule has 0 bridgehead atoms. The summed E-state index contributed by atoms with van der Waals surface area (Å²) in [6.07, 6.45) is -0.370. The summed E-state index contributed by atoms with van der Waals surface area (Å²) in [7, 11) is 0. The predicted octanol–water partition coefficient (Wildman–Crippen LogP) is 8.18. The molecule has 0 spiro atoms. The third-order valence-electron chi connectivity index (χ3n) is 6.10. The second kappa shape index (κ2) is 9.82. The molecule has 3 nitrogen and oxygen atoms in total. The van der Waals surface area contributed by atoms with Crippen LogP contribution >= 0.6 is 0 Å². The molecule has 0 amide bonds. The molecule has 0 radical (unpaired) electrons. The number of nitrogens with zero attached hydrogens (tertiary/aromatic N) is 2. The first kappa shape index (κ1) is 23.0. The van der Waals surface area contributed by atoms with E-state index in [2.05, 4.69) is 59.5 Å². The van der Waals surface area contributed by atoms with Gasteiger partial charge in [-0.1, -0.05) is 54.1 Å². The topological polar surface area (TPSA) is 37.6 Å². The van der Waals surface area contributed by atoms with Gasteiger partial charge in [-0.15, -0.1) is 29.4 Å². The van der Waals surface area contributed by atoms with Gasteiger partial charge in [-0.2, -0.15) is 42.0 Å². The zero-order valence-electron chi connectivity index (χ0n) is 18.7. The fourth-order valence-corrected chi connectivity index (χ4v) is 4.52. The Hall–Kier alpha value is -3.81. The van der Waals surface area contributed by atoms with E-state index in [1.165, 1.54) is 0 Å². The molecule has 1 atom stereocenters. The van der Waals surface area contributed by atoms with Gasteiger partial charge in [0.15, 0.2) is 0 Å². The van der Waals surface area contributed by atoms with E-state index in [4.69, 9.17) is 5.32 Å². The van der Waals surface area contributed by atoms with Gasteiger partial charge in [-0.05, 0) is 36.0 Å². The van der Waals surface area contributed by atoms with Crippen LogP contribution in [-0.2, 0) is 21.1 Å². The Bertz CT molecular complexity index is 1450. The number of anilines is 2. The van der Waals surface area contributed by atoms with Crippen LogP contribution in [0.25, 0.3) is 27.6 Å². The van der Waals surface area contributed by atoms with Crippen LogP contribution in [0.3, 0.4) is 0 Å².